The van der Waals surface area contributed by atoms with E-state index in [9.17, 15) is 4.39 Å². The summed E-state index contributed by atoms with van der Waals surface area (Å²) < 4.78 is 12.6. The van der Waals surface area contributed by atoms with Crippen LogP contribution in [0.15, 0.2) is 24.3 Å². The van der Waals surface area contributed by atoms with Crippen molar-refractivity contribution in [3.05, 3.63) is 40.7 Å². The van der Waals surface area contributed by atoms with E-state index >= 15 is 0 Å². The Morgan fingerprint density at radius 2 is 2.15 bits per heavy atom. The van der Waals surface area contributed by atoms with Crippen LogP contribution in [-0.4, -0.2) is 5.38 Å². The lowest BCUT2D eigenvalue weighted by Gasteiger charge is -1.98. The van der Waals surface area contributed by atoms with Gasteiger partial charge in [-0.25, -0.2) is 4.39 Å². The fourth-order valence-electron chi connectivity index (χ4n) is 0.873. The molecule has 1 aromatic carbocycles. The van der Waals surface area contributed by atoms with Crippen LogP contribution < -0.4 is 0 Å². The predicted octanol–water partition coefficient (Wildman–Crippen LogP) is 4.12. The first-order valence-corrected chi connectivity index (χ1v) is 4.68. The Balaban J connectivity index is 2.90. The molecule has 0 spiro atoms. The van der Waals surface area contributed by atoms with Gasteiger partial charge in [-0.2, -0.15) is 0 Å². The van der Waals surface area contributed by atoms with Crippen LogP contribution in [0.2, 0.25) is 5.02 Å². The molecule has 0 heterocycles. The second kappa shape index (κ2) is 4.64. The van der Waals surface area contributed by atoms with Crippen LogP contribution in [0.3, 0.4) is 0 Å². The lowest BCUT2D eigenvalue weighted by molar-refractivity contribution is 0.628. The smallest absolute Gasteiger partial charge is 0.124 e. The van der Waals surface area contributed by atoms with Crippen molar-refractivity contribution >= 4 is 29.3 Å². The minimum Gasteiger partial charge on any atom is -0.207 e. The van der Waals surface area contributed by atoms with Gasteiger partial charge in [-0.1, -0.05) is 29.8 Å². The normalized spacial score (nSPS) is 13.5. The Hall–Kier alpha value is -0.530. The van der Waals surface area contributed by atoms with Gasteiger partial charge in [0.2, 0.25) is 0 Å². The summed E-state index contributed by atoms with van der Waals surface area (Å²) in [4.78, 5) is 0. The van der Waals surface area contributed by atoms with Crippen molar-refractivity contribution in [3.63, 3.8) is 0 Å². The Bertz CT molecular complexity index is 319. The van der Waals surface area contributed by atoms with Crippen molar-refractivity contribution in [1.29, 1.82) is 0 Å². The summed E-state index contributed by atoms with van der Waals surface area (Å²) in [6.45, 7) is 1.84. The summed E-state index contributed by atoms with van der Waals surface area (Å²) in [6, 6.07) is 4.26. The van der Waals surface area contributed by atoms with E-state index < -0.39 is 0 Å². The second-order valence-electron chi connectivity index (χ2n) is 2.70. The molecule has 0 N–H and O–H groups in total. The number of hydrogen-bond acceptors (Lipinski definition) is 0. The molecule has 0 nitrogen and oxygen atoms in total. The minimum atomic E-state index is -0.332. The van der Waals surface area contributed by atoms with E-state index in [-0.39, 0.29) is 11.2 Å². The Labute approximate surface area is 87.0 Å². The fourth-order valence-corrected chi connectivity index (χ4v) is 1.18. The highest BCUT2D eigenvalue weighted by atomic mass is 35.5. The summed E-state index contributed by atoms with van der Waals surface area (Å²) in [5.74, 6) is -0.332. The molecule has 0 aliphatic rings. The number of halogens is 3. The van der Waals surface area contributed by atoms with E-state index in [1.807, 2.05) is 6.92 Å². The van der Waals surface area contributed by atoms with Gasteiger partial charge < -0.3 is 0 Å². The minimum absolute atomic E-state index is 0.0545. The van der Waals surface area contributed by atoms with Crippen LogP contribution in [0.1, 0.15) is 12.5 Å². The zero-order valence-corrected chi connectivity index (χ0v) is 8.61. The van der Waals surface area contributed by atoms with Gasteiger partial charge in [0, 0.05) is 5.38 Å². The fraction of sp³-hybridized carbons (Fsp3) is 0.200. The third kappa shape index (κ3) is 3.37. The topological polar surface area (TPSA) is 0 Å². The van der Waals surface area contributed by atoms with Gasteiger partial charge in [-0.3, -0.25) is 0 Å². The van der Waals surface area contributed by atoms with Gasteiger partial charge in [0.1, 0.15) is 5.82 Å². The van der Waals surface area contributed by atoms with Crippen molar-refractivity contribution in [2.45, 2.75) is 12.3 Å². The van der Waals surface area contributed by atoms with Gasteiger partial charge in [0.15, 0.2) is 0 Å². The Morgan fingerprint density at radius 1 is 1.46 bits per heavy atom. The van der Waals surface area contributed by atoms with Crippen molar-refractivity contribution in [1.82, 2.24) is 0 Å². The molecule has 1 aromatic rings. The molecular weight excluding hydrogens is 210 g/mol. The summed E-state index contributed by atoms with van der Waals surface area (Å²) in [7, 11) is 0. The number of rotatable bonds is 2. The highest BCUT2D eigenvalue weighted by Crippen LogP contribution is 2.19. The molecule has 1 unspecified atom stereocenters. The predicted molar refractivity (Wildman–Crippen MR) is 55.8 cm³/mol. The Morgan fingerprint density at radius 3 is 2.69 bits per heavy atom. The second-order valence-corrected chi connectivity index (χ2v) is 3.80. The molecule has 0 bridgehead atoms. The third-order valence-electron chi connectivity index (χ3n) is 1.50. The van der Waals surface area contributed by atoms with Crippen LogP contribution in [0, 0.1) is 5.82 Å². The van der Waals surface area contributed by atoms with Crippen molar-refractivity contribution in [2.75, 3.05) is 0 Å². The average Bonchev–Trinajstić information content (AvgIpc) is 2.02. The van der Waals surface area contributed by atoms with E-state index in [4.69, 9.17) is 23.2 Å². The van der Waals surface area contributed by atoms with Gasteiger partial charge in [-0.05, 0) is 24.6 Å². The van der Waals surface area contributed by atoms with Crippen molar-refractivity contribution < 1.29 is 4.39 Å². The van der Waals surface area contributed by atoms with Crippen LogP contribution in [-0.2, 0) is 0 Å². The maximum Gasteiger partial charge on any atom is 0.124 e. The number of benzene rings is 1. The molecule has 1 rings (SSSR count). The molecular formula is C10H9Cl2F. The van der Waals surface area contributed by atoms with Crippen LogP contribution in [0.25, 0.3) is 6.08 Å². The summed E-state index contributed by atoms with van der Waals surface area (Å²) >= 11 is 11.5. The van der Waals surface area contributed by atoms with Crippen molar-refractivity contribution in [2.24, 2.45) is 0 Å². The first-order chi connectivity index (χ1) is 6.09. The number of hydrogen-bond donors (Lipinski definition) is 0. The molecule has 0 aromatic heterocycles. The average molecular weight is 219 g/mol. The molecule has 0 saturated carbocycles. The highest BCUT2D eigenvalue weighted by Gasteiger charge is 1.98. The van der Waals surface area contributed by atoms with Gasteiger partial charge in [-0.15, -0.1) is 11.6 Å². The summed E-state index contributed by atoms with van der Waals surface area (Å²) in [5, 5.41) is 0.342. The monoisotopic (exact) mass is 218 g/mol. The van der Waals surface area contributed by atoms with Crippen LogP contribution in [0.4, 0.5) is 4.39 Å². The molecule has 13 heavy (non-hydrogen) atoms. The molecule has 70 valence electrons. The zero-order chi connectivity index (χ0) is 9.84. The largest absolute Gasteiger partial charge is 0.207 e. The zero-order valence-electron chi connectivity index (χ0n) is 7.10. The van der Waals surface area contributed by atoms with E-state index in [0.29, 0.717) is 5.02 Å². The number of alkyl halides is 1. The quantitative estimate of drug-likeness (QED) is 0.656. The number of allylic oxidation sites excluding steroid dienone is 1. The maximum atomic E-state index is 12.6. The van der Waals surface area contributed by atoms with Gasteiger partial charge in [0.25, 0.3) is 0 Å². The summed E-state index contributed by atoms with van der Waals surface area (Å²) in [5.41, 5.74) is 0.774. The third-order valence-corrected chi connectivity index (χ3v) is 1.98. The highest BCUT2D eigenvalue weighted by molar-refractivity contribution is 6.32. The van der Waals surface area contributed by atoms with Gasteiger partial charge in [0.05, 0.1) is 5.02 Å². The van der Waals surface area contributed by atoms with E-state index in [2.05, 4.69) is 0 Å². The molecule has 0 aliphatic heterocycles. The molecule has 0 saturated heterocycles. The molecule has 0 radical (unpaired) electrons. The molecule has 0 aliphatic carbocycles. The first kappa shape index (κ1) is 10.6. The van der Waals surface area contributed by atoms with Crippen LogP contribution in [0.5, 0.6) is 0 Å². The van der Waals surface area contributed by atoms with E-state index in [1.165, 1.54) is 12.1 Å². The van der Waals surface area contributed by atoms with E-state index in [1.54, 1.807) is 18.2 Å². The van der Waals surface area contributed by atoms with Crippen molar-refractivity contribution in [3.8, 4) is 0 Å². The van der Waals surface area contributed by atoms with Crippen LogP contribution >= 0.6 is 23.2 Å². The Kier molecular flexibility index (Phi) is 3.76. The first-order valence-electron chi connectivity index (χ1n) is 3.87. The molecule has 0 fully saturated rings. The molecule has 1 atom stereocenters. The lowest BCUT2D eigenvalue weighted by atomic mass is 10.2. The van der Waals surface area contributed by atoms with E-state index in [0.717, 1.165) is 5.56 Å². The maximum absolute atomic E-state index is 12.6. The standard InChI is InChI=1S/C10H9Cl2F/c1-7(11)2-3-8-4-5-9(13)6-10(8)12/h2-7H,1H3/b3-2+. The van der Waals surface area contributed by atoms with Gasteiger partial charge >= 0.3 is 0 Å². The lowest BCUT2D eigenvalue weighted by Crippen LogP contribution is -1.82. The SMILES string of the molecule is CC(Cl)/C=C/c1ccc(F)cc1Cl. The summed E-state index contributed by atoms with van der Waals surface area (Å²) in [6.07, 6.45) is 3.57. The molecule has 0 amide bonds. The molecule has 3 heteroatoms.